The van der Waals surface area contributed by atoms with Gasteiger partial charge in [-0.05, 0) is 64.6 Å². The number of fused-ring (bicyclic) bond motifs is 1. The Morgan fingerprint density at radius 2 is 2.00 bits per heavy atom. The smallest absolute Gasteiger partial charge is 0.318 e. The molecule has 0 saturated carbocycles. The molecule has 2 aromatic rings. The van der Waals surface area contributed by atoms with E-state index in [2.05, 4.69) is 57.4 Å². The van der Waals surface area contributed by atoms with Gasteiger partial charge < -0.3 is 34.2 Å². The number of nitrogens with one attached hydrogen (secondary N) is 1. The Balaban J connectivity index is 1.26. The largest absolute Gasteiger partial charge is 0.462 e. The zero-order valence-electron chi connectivity index (χ0n) is 25.0. The van der Waals surface area contributed by atoms with Crippen molar-refractivity contribution in [3.63, 3.8) is 0 Å². The topological polar surface area (TPSA) is 99.0 Å². The molecule has 10 nitrogen and oxygen atoms in total. The first-order valence-electron chi connectivity index (χ1n) is 15.8. The van der Waals surface area contributed by atoms with Crippen molar-refractivity contribution in [2.75, 3.05) is 62.8 Å². The number of ether oxygens (including phenoxy) is 3. The molecule has 1 aromatic carbocycles. The summed E-state index contributed by atoms with van der Waals surface area (Å²) < 4.78 is 18.4. The van der Waals surface area contributed by atoms with Crippen molar-refractivity contribution in [3.05, 3.63) is 41.1 Å². The average molecular weight is 576 g/mol. The lowest BCUT2D eigenvalue weighted by Crippen LogP contribution is -2.51. The van der Waals surface area contributed by atoms with E-state index in [0.29, 0.717) is 38.2 Å². The monoisotopic (exact) mass is 575 g/mol. The number of aromatic nitrogens is 2. The fourth-order valence-corrected chi connectivity index (χ4v) is 6.71. The molecule has 3 fully saturated rings. The van der Waals surface area contributed by atoms with Gasteiger partial charge in [0.15, 0.2) is 6.29 Å². The predicted molar refractivity (Wildman–Crippen MR) is 162 cm³/mol. The van der Waals surface area contributed by atoms with E-state index in [1.807, 2.05) is 0 Å². The lowest BCUT2D eigenvalue weighted by Gasteiger charge is -2.35. The molecule has 226 valence electrons. The maximum atomic E-state index is 9.34. The first-order chi connectivity index (χ1) is 20.7. The second-order valence-electron chi connectivity index (χ2n) is 12.1. The molecule has 42 heavy (non-hydrogen) atoms. The van der Waals surface area contributed by atoms with E-state index >= 15 is 0 Å². The van der Waals surface area contributed by atoms with Gasteiger partial charge in [-0.25, -0.2) is 0 Å². The molecule has 0 amide bonds. The van der Waals surface area contributed by atoms with Crippen LogP contribution in [0.2, 0.25) is 0 Å². The molecule has 3 saturated heterocycles. The molecule has 0 spiro atoms. The van der Waals surface area contributed by atoms with E-state index < -0.39 is 0 Å². The number of para-hydroxylation sites is 1. The van der Waals surface area contributed by atoms with Gasteiger partial charge in [-0.2, -0.15) is 15.2 Å². The van der Waals surface area contributed by atoms with Gasteiger partial charge in [-0.3, -0.25) is 0 Å². The van der Waals surface area contributed by atoms with Crippen LogP contribution in [0.25, 0.3) is 0 Å². The number of benzene rings is 1. The highest BCUT2D eigenvalue weighted by Gasteiger charge is 2.29. The minimum atomic E-state index is -0.116. The first kappa shape index (κ1) is 29.1. The molecule has 5 heterocycles. The molecule has 4 aliphatic rings. The summed E-state index contributed by atoms with van der Waals surface area (Å²) in [6, 6.07) is 11.9. The van der Waals surface area contributed by atoms with E-state index in [4.69, 9.17) is 24.2 Å². The van der Waals surface area contributed by atoms with Crippen LogP contribution >= 0.6 is 0 Å². The van der Waals surface area contributed by atoms with Crippen molar-refractivity contribution >= 4 is 11.5 Å². The Morgan fingerprint density at radius 3 is 2.83 bits per heavy atom. The highest BCUT2D eigenvalue weighted by Crippen LogP contribution is 2.33. The Bertz CT molecular complexity index is 1230. The Kier molecular flexibility index (Phi) is 9.71. The van der Waals surface area contributed by atoms with Gasteiger partial charge in [-0.1, -0.05) is 18.2 Å². The van der Waals surface area contributed by atoms with Gasteiger partial charge in [0.25, 0.3) is 0 Å². The van der Waals surface area contributed by atoms with E-state index in [1.165, 1.54) is 23.2 Å². The summed E-state index contributed by atoms with van der Waals surface area (Å²) >= 11 is 0. The summed E-state index contributed by atoms with van der Waals surface area (Å²) in [4.78, 5) is 17.2. The lowest BCUT2D eigenvalue weighted by molar-refractivity contribution is -0.168. The van der Waals surface area contributed by atoms with Crippen molar-refractivity contribution in [1.29, 1.82) is 5.26 Å². The number of likely N-dealkylation sites (tertiary alicyclic amines) is 1. The van der Waals surface area contributed by atoms with Gasteiger partial charge in [0.05, 0.1) is 31.3 Å². The van der Waals surface area contributed by atoms with Crippen LogP contribution < -0.4 is 19.9 Å². The number of hydrogen-bond donors (Lipinski definition) is 1. The zero-order chi connectivity index (χ0) is 28.7. The molecule has 10 heteroatoms. The molecule has 1 N–H and O–H groups in total. The van der Waals surface area contributed by atoms with Gasteiger partial charge in [0, 0.05) is 61.7 Å². The molecule has 6 rings (SSSR count). The lowest BCUT2D eigenvalue weighted by atomic mass is 10.1. The third-order valence-electron chi connectivity index (χ3n) is 9.11. The quantitative estimate of drug-likeness (QED) is 0.477. The van der Waals surface area contributed by atoms with E-state index in [1.54, 1.807) is 0 Å². The number of piperazine rings is 1. The standard InChI is InChI=1S/C32H45N7O3/c1-37-16-6-9-26(37)23-42-32-35-28-21-38(29-11-3-2-8-24(29)22-41-30-12-4-5-19-40-30)17-7-10-27(28)31(36-32)39-18-15-34-25(20-39)13-14-33/h2-3,8,11,25-26,30,34H,4-7,9-10,12-13,15-23H2,1H3/t25-,26-,30?/m0/s1. The zero-order valence-corrected chi connectivity index (χ0v) is 25.0. The number of nitriles is 1. The minimum Gasteiger partial charge on any atom is -0.462 e. The van der Waals surface area contributed by atoms with Crippen LogP contribution in [-0.2, 0) is 29.0 Å². The van der Waals surface area contributed by atoms with Crippen LogP contribution in [0.15, 0.2) is 24.3 Å². The number of nitrogens with zero attached hydrogens (tertiary/aromatic N) is 6. The summed E-state index contributed by atoms with van der Waals surface area (Å²) in [5.74, 6) is 0.979. The molecule has 3 atom stereocenters. The van der Waals surface area contributed by atoms with E-state index in [-0.39, 0.29) is 12.3 Å². The number of anilines is 2. The average Bonchev–Trinajstić information content (AvgIpc) is 3.31. The van der Waals surface area contributed by atoms with E-state index in [9.17, 15) is 5.26 Å². The van der Waals surface area contributed by atoms with Crippen molar-refractivity contribution < 1.29 is 14.2 Å². The van der Waals surface area contributed by atoms with Crippen LogP contribution in [0.4, 0.5) is 11.5 Å². The Morgan fingerprint density at radius 1 is 1.07 bits per heavy atom. The van der Waals surface area contributed by atoms with Crippen molar-refractivity contribution in [3.8, 4) is 12.1 Å². The number of rotatable bonds is 9. The van der Waals surface area contributed by atoms with Crippen molar-refractivity contribution in [1.82, 2.24) is 20.2 Å². The van der Waals surface area contributed by atoms with Crippen molar-refractivity contribution in [2.45, 2.75) is 82.9 Å². The van der Waals surface area contributed by atoms with Crippen LogP contribution in [-0.4, -0.2) is 86.2 Å². The third kappa shape index (κ3) is 6.97. The maximum absolute atomic E-state index is 9.34. The van der Waals surface area contributed by atoms with Crippen LogP contribution in [0.1, 0.15) is 61.8 Å². The Labute approximate surface area is 249 Å². The number of hydrogen-bond acceptors (Lipinski definition) is 10. The highest BCUT2D eigenvalue weighted by atomic mass is 16.7. The normalized spacial score (nSPS) is 25.1. The summed E-state index contributed by atoms with van der Waals surface area (Å²) in [5.41, 5.74) is 4.61. The third-order valence-corrected chi connectivity index (χ3v) is 9.11. The minimum absolute atomic E-state index is 0.116. The summed E-state index contributed by atoms with van der Waals surface area (Å²) in [6.45, 7) is 7.07. The fraction of sp³-hybridized carbons (Fsp3) is 0.656. The molecular formula is C32H45N7O3. The first-order valence-corrected chi connectivity index (χ1v) is 15.8. The predicted octanol–water partition coefficient (Wildman–Crippen LogP) is 3.64. The highest BCUT2D eigenvalue weighted by molar-refractivity contribution is 5.57. The Hall–Kier alpha value is -2.97. The summed E-state index contributed by atoms with van der Waals surface area (Å²) in [5, 5.41) is 12.8. The molecule has 0 radical (unpaired) electrons. The summed E-state index contributed by atoms with van der Waals surface area (Å²) in [7, 11) is 2.17. The summed E-state index contributed by atoms with van der Waals surface area (Å²) in [6.07, 6.45) is 7.85. The molecule has 1 aromatic heterocycles. The number of likely N-dealkylation sites (N-methyl/N-ethyl adjacent to an activating group) is 1. The SMILES string of the molecule is CN1CCC[C@H]1COc1nc2c(c(N3CCN[C@@H](CC#N)C3)n1)CCCN(c1ccccc1COC1CCCCO1)C2. The second-order valence-corrected chi connectivity index (χ2v) is 12.1. The van der Waals surface area contributed by atoms with Crippen LogP contribution in [0, 0.1) is 11.3 Å². The van der Waals surface area contributed by atoms with Gasteiger partial charge >= 0.3 is 6.01 Å². The maximum Gasteiger partial charge on any atom is 0.318 e. The molecular weight excluding hydrogens is 530 g/mol. The van der Waals surface area contributed by atoms with Crippen LogP contribution in [0.3, 0.4) is 0 Å². The van der Waals surface area contributed by atoms with Gasteiger partial charge in [0.1, 0.15) is 12.4 Å². The molecule has 0 aliphatic carbocycles. The van der Waals surface area contributed by atoms with Crippen molar-refractivity contribution in [2.24, 2.45) is 0 Å². The molecule has 4 aliphatic heterocycles. The van der Waals surface area contributed by atoms with Gasteiger partial charge in [0.2, 0.25) is 0 Å². The molecule has 1 unspecified atom stereocenters. The molecule has 0 bridgehead atoms. The van der Waals surface area contributed by atoms with E-state index in [0.717, 1.165) is 89.4 Å². The second kappa shape index (κ2) is 14.0. The fourth-order valence-electron chi connectivity index (χ4n) is 6.71. The van der Waals surface area contributed by atoms with Crippen LogP contribution in [0.5, 0.6) is 6.01 Å². The van der Waals surface area contributed by atoms with Gasteiger partial charge in [-0.15, -0.1) is 0 Å².